The van der Waals surface area contributed by atoms with Gasteiger partial charge in [-0.1, -0.05) is 54.6 Å². The number of alkyl halides is 3. The summed E-state index contributed by atoms with van der Waals surface area (Å²) in [5, 5.41) is 23.9. The van der Waals surface area contributed by atoms with Gasteiger partial charge in [0.05, 0.1) is 80.1 Å². The largest absolute Gasteiger partial charge is 0.494 e. The third-order valence-corrected chi connectivity index (χ3v) is 9.93. The summed E-state index contributed by atoms with van der Waals surface area (Å²) in [5.74, 6) is 1.59. The number of carbonyl (C=O) groups excluding carboxylic acids is 1. The molecule has 12 heteroatoms. The summed E-state index contributed by atoms with van der Waals surface area (Å²) in [7, 11) is 2.24. The topological polar surface area (TPSA) is 99.8 Å². The van der Waals surface area contributed by atoms with Gasteiger partial charge >= 0.3 is 12.2 Å². The Labute approximate surface area is 319 Å². The van der Waals surface area contributed by atoms with Gasteiger partial charge in [0.1, 0.15) is 11.5 Å². The van der Waals surface area contributed by atoms with E-state index < -0.39 is 23.8 Å². The Kier molecular flexibility index (Phi) is 12.3. The molecule has 6 rings (SSSR count). The maximum Gasteiger partial charge on any atom is 0.416 e. The van der Waals surface area contributed by atoms with Crippen LogP contribution >= 0.6 is 0 Å². The second-order valence-electron chi connectivity index (χ2n) is 14.0. The summed E-state index contributed by atoms with van der Waals surface area (Å²) >= 11 is 0. The molecule has 0 saturated heterocycles. The van der Waals surface area contributed by atoms with E-state index in [1.165, 1.54) is 17.0 Å². The number of ether oxygens (including phenoxy) is 2. The number of rotatable bonds is 17. The molecule has 55 heavy (non-hydrogen) atoms. The maximum atomic E-state index is 13.7. The number of nitriles is 1. The lowest BCUT2D eigenvalue weighted by molar-refractivity contribution is -0.910. The number of halogens is 3. The molecule has 0 spiro atoms. The Morgan fingerprint density at radius 2 is 1.42 bits per heavy atom. The van der Waals surface area contributed by atoms with Crippen LogP contribution in [0.5, 0.6) is 17.4 Å². The molecule has 286 valence electrons. The number of aromatic nitrogens is 1. The number of hydrogen-bond acceptors (Lipinski definition) is 5. The second kappa shape index (κ2) is 17.5. The Balaban J connectivity index is 1.17. The van der Waals surface area contributed by atoms with E-state index in [0.717, 1.165) is 67.0 Å². The van der Waals surface area contributed by atoms with Crippen LogP contribution in [0.15, 0.2) is 115 Å². The summed E-state index contributed by atoms with van der Waals surface area (Å²) in [6.07, 6.45) is 0.267. The fraction of sp³-hybridized carbons (Fsp3) is 0.302. The molecule has 1 atom stereocenters. The third-order valence-electron chi connectivity index (χ3n) is 9.93. The first-order chi connectivity index (χ1) is 26.5. The van der Waals surface area contributed by atoms with Crippen LogP contribution in [0.2, 0.25) is 0 Å². The van der Waals surface area contributed by atoms with Crippen molar-refractivity contribution in [3.05, 3.63) is 138 Å². The third kappa shape index (κ3) is 9.79. The quantitative estimate of drug-likeness (QED) is 0.0729. The average molecular weight is 753 g/mol. The zero-order valence-corrected chi connectivity index (χ0v) is 30.7. The molecular formula is C43H45F3N5O4+. The molecule has 4 aromatic carbocycles. The number of unbranched alkanes of at least 4 members (excludes halogenated alkanes) is 1. The summed E-state index contributed by atoms with van der Waals surface area (Å²) in [6.45, 7) is 4.26. The molecule has 0 unspecified atom stereocenters. The molecule has 9 nitrogen and oxygen atoms in total. The van der Waals surface area contributed by atoms with Crippen molar-refractivity contribution in [2.75, 3.05) is 44.8 Å². The van der Waals surface area contributed by atoms with Crippen molar-refractivity contribution in [3.63, 3.8) is 0 Å². The van der Waals surface area contributed by atoms with Crippen molar-refractivity contribution in [1.29, 1.82) is 5.26 Å². The molecular weight excluding hydrogens is 707 g/mol. The van der Waals surface area contributed by atoms with Gasteiger partial charge in [-0.15, -0.1) is 0 Å². The highest BCUT2D eigenvalue weighted by Crippen LogP contribution is 2.46. The van der Waals surface area contributed by atoms with Gasteiger partial charge in [0.2, 0.25) is 0 Å². The van der Waals surface area contributed by atoms with Crippen molar-refractivity contribution < 1.29 is 37.0 Å². The van der Waals surface area contributed by atoms with Gasteiger partial charge in [-0.2, -0.15) is 18.4 Å². The lowest BCUT2D eigenvalue weighted by Gasteiger charge is -2.35. The zero-order chi connectivity index (χ0) is 38.8. The van der Waals surface area contributed by atoms with Gasteiger partial charge in [-0.05, 0) is 73.0 Å². The van der Waals surface area contributed by atoms with Crippen LogP contribution in [0.4, 0.5) is 29.3 Å². The predicted octanol–water partition coefficient (Wildman–Crippen LogP) is 9.20. The number of amides is 2. The molecule has 5 aromatic rings. The highest BCUT2D eigenvalue weighted by Gasteiger charge is 2.39. The van der Waals surface area contributed by atoms with Crippen LogP contribution in [-0.2, 0) is 12.7 Å². The van der Waals surface area contributed by atoms with E-state index >= 15 is 0 Å². The monoisotopic (exact) mass is 752 g/mol. The standard InChI is InChI=1S/C43H44F3N5O4/c1-51(25-11-27-54-36-15-4-2-5-16-36,26-12-28-55-37-17-6-3-7-18-37)24-9-8-23-49-31-38-39(41(49)52)40(33-21-19-32(30-47)20-22-33)48-42(53)50(38)35-14-10-13-34(29-35)43(44,45)46/h2-7,10,13-22,29,31,40H,8-9,11-12,23-28H2,1H3,(H-,48,52,53)/p+1/t40-/m1/s1. The van der Waals surface area contributed by atoms with Crippen molar-refractivity contribution in [2.45, 2.75) is 44.4 Å². The van der Waals surface area contributed by atoms with Gasteiger partial charge < -0.3 is 28.9 Å². The van der Waals surface area contributed by atoms with Gasteiger partial charge in [0.25, 0.3) is 0 Å². The van der Waals surface area contributed by atoms with E-state index in [4.69, 9.17) is 9.47 Å². The van der Waals surface area contributed by atoms with E-state index in [9.17, 15) is 28.3 Å². The number of para-hydroxylation sites is 2. The van der Waals surface area contributed by atoms with Crippen LogP contribution in [-0.4, -0.2) is 60.1 Å². The number of nitrogens with one attached hydrogen (secondary N) is 1. The number of carbonyl (C=O) groups is 1. The van der Waals surface area contributed by atoms with Gasteiger partial charge in [-0.25, -0.2) is 4.79 Å². The van der Waals surface area contributed by atoms with Crippen LogP contribution < -0.4 is 19.7 Å². The first-order valence-corrected chi connectivity index (χ1v) is 18.4. The molecule has 2 amide bonds. The van der Waals surface area contributed by atoms with E-state index in [1.807, 2.05) is 60.7 Å². The number of aromatic hydroxyl groups is 1. The average Bonchev–Trinajstić information content (AvgIpc) is 3.52. The second-order valence-corrected chi connectivity index (χ2v) is 14.0. The van der Waals surface area contributed by atoms with E-state index in [2.05, 4.69) is 18.4 Å². The smallest absolute Gasteiger partial charge is 0.416 e. The number of anilines is 2. The Morgan fingerprint density at radius 3 is 2.00 bits per heavy atom. The predicted molar refractivity (Wildman–Crippen MR) is 204 cm³/mol. The Bertz CT molecular complexity index is 2020. The number of hydrogen-bond donors (Lipinski definition) is 2. The molecule has 0 radical (unpaired) electrons. The Morgan fingerprint density at radius 1 is 0.818 bits per heavy atom. The first-order valence-electron chi connectivity index (χ1n) is 18.4. The van der Waals surface area contributed by atoms with Crippen LogP contribution in [0.3, 0.4) is 0 Å². The van der Waals surface area contributed by atoms with Gasteiger partial charge in [-0.3, -0.25) is 4.90 Å². The molecule has 1 aromatic heterocycles. The van der Waals surface area contributed by atoms with Crippen molar-refractivity contribution in [3.8, 4) is 23.4 Å². The van der Waals surface area contributed by atoms with Gasteiger partial charge in [0, 0.05) is 25.6 Å². The van der Waals surface area contributed by atoms with Crippen LogP contribution in [0.1, 0.15) is 54.0 Å². The van der Waals surface area contributed by atoms with E-state index in [-0.39, 0.29) is 17.3 Å². The van der Waals surface area contributed by atoms with Crippen molar-refractivity contribution in [2.24, 2.45) is 0 Å². The summed E-state index contributed by atoms with van der Waals surface area (Å²) in [5.41, 5.74) is 0.815. The summed E-state index contributed by atoms with van der Waals surface area (Å²) < 4.78 is 55.6. The number of quaternary nitrogens is 1. The van der Waals surface area contributed by atoms with Crippen molar-refractivity contribution in [1.82, 2.24) is 9.88 Å². The molecule has 0 bridgehead atoms. The minimum atomic E-state index is -4.61. The molecule has 2 N–H and O–H groups in total. The van der Waals surface area contributed by atoms with E-state index in [0.29, 0.717) is 42.9 Å². The molecule has 1 aliphatic rings. The lowest BCUT2D eigenvalue weighted by atomic mass is 9.96. The fourth-order valence-corrected chi connectivity index (χ4v) is 7.04. The van der Waals surface area contributed by atoms with Crippen LogP contribution in [0, 0.1) is 11.3 Å². The Hall–Kier alpha value is -5.93. The highest BCUT2D eigenvalue weighted by atomic mass is 19.4. The normalized spacial score (nSPS) is 14.2. The minimum absolute atomic E-state index is 0.0181. The fourth-order valence-electron chi connectivity index (χ4n) is 7.04. The van der Waals surface area contributed by atoms with E-state index in [1.54, 1.807) is 35.0 Å². The number of urea groups is 1. The first kappa shape index (κ1) is 38.8. The number of nitrogens with zero attached hydrogens (tertiary/aromatic N) is 4. The number of benzene rings is 4. The summed E-state index contributed by atoms with van der Waals surface area (Å²) in [4.78, 5) is 14.8. The van der Waals surface area contributed by atoms with Crippen molar-refractivity contribution >= 4 is 17.4 Å². The highest BCUT2D eigenvalue weighted by molar-refractivity contribution is 6.03. The van der Waals surface area contributed by atoms with Crippen LogP contribution in [0.25, 0.3) is 0 Å². The molecule has 0 aliphatic carbocycles. The molecule has 2 heterocycles. The number of aryl methyl sites for hydroxylation is 1. The zero-order valence-electron chi connectivity index (χ0n) is 30.7. The SMILES string of the molecule is C[N+](CCCCn1cc2c(c1O)[C@@H](c1ccc(C#N)cc1)NC(=O)N2c1cccc(C(F)(F)F)c1)(CCCOc1ccccc1)CCCOc1ccccc1. The summed E-state index contributed by atoms with van der Waals surface area (Å²) in [6, 6.07) is 31.3. The van der Waals surface area contributed by atoms with Gasteiger partial charge in [0.15, 0.2) is 5.88 Å². The minimum Gasteiger partial charge on any atom is -0.494 e. The molecule has 1 aliphatic heterocycles. The maximum absolute atomic E-state index is 13.7. The molecule has 0 saturated carbocycles. The lowest BCUT2D eigenvalue weighted by Crippen LogP contribution is -2.47. The molecule has 0 fully saturated rings. The number of fused-ring (bicyclic) bond motifs is 1.